The van der Waals surface area contributed by atoms with Crippen molar-refractivity contribution in [1.29, 1.82) is 0 Å². The average Bonchev–Trinajstić information content (AvgIpc) is 3.27. The molecule has 0 bridgehead atoms. The number of morpholine rings is 1. The monoisotopic (exact) mass is 546 g/mol. The zero-order valence-corrected chi connectivity index (χ0v) is 23.5. The van der Waals surface area contributed by atoms with Crippen molar-refractivity contribution in [3.8, 4) is 0 Å². The summed E-state index contributed by atoms with van der Waals surface area (Å²) in [7, 11) is -3.88. The van der Waals surface area contributed by atoms with Gasteiger partial charge in [0.1, 0.15) is 5.60 Å². The van der Waals surface area contributed by atoms with Gasteiger partial charge < -0.3 is 9.47 Å². The fraction of sp³-hybridized carbons (Fsp3) is 0.323. The molecule has 4 aromatic rings. The molecular weight excluding hydrogens is 512 g/mol. The third kappa shape index (κ3) is 5.64. The Balaban J connectivity index is 1.58. The Hall–Kier alpha value is -3.46. The lowest BCUT2D eigenvalue weighted by Gasteiger charge is -2.41. The lowest BCUT2D eigenvalue weighted by atomic mass is 10.0. The molecule has 0 amide bonds. The number of carbonyl (C=O) groups excluding carboxylic acids is 1. The number of ether oxygens (including phenoxy) is 2. The van der Waals surface area contributed by atoms with Crippen molar-refractivity contribution in [3.63, 3.8) is 0 Å². The van der Waals surface area contributed by atoms with E-state index in [4.69, 9.17) is 9.47 Å². The molecule has 204 valence electrons. The van der Waals surface area contributed by atoms with Crippen molar-refractivity contribution in [1.82, 2.24) is 8.87 Å². The Morgan fingerprint density at radius 1 is 0.949 bits per heavy atom. The van der Waals surface area contributed by atoms with Gasteiger partial charge in [0.15, 0.2) is 0 Å². The maximum atomic E-state index is 14.2. The zero-order chi connectivity index (χ0) is 27.8. The maximum absolute atomic E-state index is 14.2. The number of hydrogen-bond donors (Lipinski definition) is 0. The number of hydrogen-bond acceptors (Lipinski definition) is 5. The summed E-state index contributed by atoms with van der Waals surface area (Å²) in [6.07, 6.45) is 1.66. The molecule has 7 nitrogen and oxygen atoms in total. The van der Waals surface area contributed by atoms with Gasteiger partial charge >= 0.3 is 6.09 Å². The molecule has 39 heavy (non-hydrogen) atoms. The molecule has 5 rings (SSSR count). The highest BCUT2D eigenvalue weighted by atomic mass is 32.2. The van der Waals surface area contributed by atoms with E-state index >= 15 is 0 Å². The van der Waals surface area contributed by atoms with Crippen molar-refractivity contribution in [2.24, 2.45) is 0 Å². The molecule has 2 heterocycles. The first-order chi connectivity index (χ1) is 18.5. The second-order valence-corrected chi connectivity index (χ2v) is 12.8. The van der Waals surface area contributed by atoms with E-state index in [1.807, 2.05) is 94.4 Å². The topological polar surface area (TPSA) is 77.8 Å². The Bertz CT molecular complexity index is 1570. The van der Waals surface area contributed by atoms with Gasteiger partial charge in [-0.15, -0.1) is 0 Å². The summed E-state index contributed by atoms with van der Waals surface area (Å²) in [5.74, 6) is 0. The molecular formula is C31H34N2O5S. The van der Waals surface area contributed by atoms with Crippen LogP contribution < -0.4 is 0 Å². The first-order valence-electron chi connectivity index (χ1n) is 13.1. The van der Waals surface area contributed by atoms with Crippen molar-refractivity contribution in [3.05, 3.63) is 102 Å². The Morgan fingerprint density at radius 3 is 2.31 bits per heavy atom. The average molecular weight is 547 g/mol. The summed E-state index contributed by atoms with van der Waals surface area (Å²) >= 11 is 0. The summed E-state index contributed by atoms with van der Waals surface area (Å²) in [5.41, 5.74) is 2.77. The summed E-state index contributed by atoms with van der Waals surface area (Å²) < 4.78 is 43.2. The number of sulfonamides is 1. The molecule has 0 aliphatic carbocycles. The molecule has 0 unspecified atom stereocenters. The van der Waals surface area contributed by atoms with Gasteiger partial charge in [-0.3, -0.25) is 4.57 Å². The van der Waals surface area contributed by atoms with Crippen LogP contribution in [0.4, 0.5) is 4.79 Å². The SMILES string of the molecule is Cc1ccc(S(=O)(=O)N2[C@H](Cc3cn(C(=O)OC(C)(C)C)c4ccccc34)COC[C@@H]2c2ccccc2)cc1. The minimum Gasteiger partial charge on any atom is -0.443 e. The van der Waals surface area contributed by atoms with Crippen molar-refractivity contribution in [2.75, 3.05) is 13.2 Å². The van der Waals surface area contributed by atoms with Crippen LogP contribution in [0.2, 0.25) is 0 Å². The van der Waals surface area contributed by atoms with Crippen LogP contribution in [0.25, 0.3) is 10.9 Å². The van der Waals surface area contributed by atoms with Crippen LogP contribution in [0, 0.1) is 6.92 Å². The quantitative estimate of drug-likeness (QED) is 0.302. The van der Waals surface area contributed by atoms with Gasteiger partial charge in [-0.2, -0.15) is 4.31 Å². The van der Waals surface area contributed by atoms with E-state index in [0.29, 0.717) is 11.9 Å². The predicted molar refractivity (Wildman–Crippen MR) is 151 cm³/mol. The van der Waals surface area contributed by atoms with Crippen molar-refractivity contribution < 1.29 is 22.7 Å². The number of aryl methyl sites for hydroxylation is 1. The fourth-order valence-electron chi connectivity index (χ4n) is 5.11. The minimum absolute atomic E-state index is 0.236. The van der Waals surface area contributed by atoms with Gasteiger partial charge in [-0.1, -0.05) is 66.2 Å². The highest BCUT2D eigenvalue weighted by Gasteiger charge is 2.41. The van der Waals surface area contributed by atoms with E-state index in [1.54, 1.807) is 22.6 Å². The van der Waals surface area contributed by atoms with E-state index in [9.17, 15) is 13.2 Å². The van der Waals surface area contributed by atoms with Crippen molar-refractivity contribution >= 4 is 27.0 Å². The number of para-hydroxylation sites is 1. The molecule has 0 N–H and O–H groups in total. The largest absolute Gasteiger partial charge is 0.443 e. The van der Waals surface area contributed by atoms with E-state index in [-0.39, 0.29) is 18.1 Å². The van der Waals surface area contributed by atoms with Gasteiger partial charge in [0.2, 0.25) is 10.0 Å². The molecule has 1 aromatic heterocycles. The van der Waals surface area contributed by atoms with E-state index in [0.717, 1.165) is 22.1 Å². The Labute approximate surface area is 230 Å². The molecule has 1 saturated heterocycles. The molecule has 1 aliphatic rings. The van der Waals surface area contributed by atoms with Crippen LogP contribution in [0.15, 0.2) is 90.0 Å². The van der Waals surface area contributed by atoms with Crippen molar-refractivity contribution in [2.45, 2.75) is 56.7 Å². The van der Waals surface area contributed by atoms with Gasteiger partial charge in [0.05, 0.1) is 35.7 Å². The highest BCUT2D eigenvalue weighted by Crippen LogP contribution is 2.36. The Morgan fingerprint density at radius 2 is 1.62 bits per heavy atom. The van der Waals surface area contributed by atoms with Crippen LogP contribution in [0.3, 0.4) is 0 Å². The van der Waals surface area contributed by atoms with Gasteiger partial charge in [-0.05, 0) is 63.4 Å². The number of aromatic nitrogens is 1. The van der Waals surface area contributed by atoms with Gasteiger partial charge in [-0.25, -0.2) is 13.2 Å². The number of carbonyl (C=O) groups is 1. The molecule has 3 aromatic carbocycles. The lowest BCUT2D eigenvalue weighted by molar-refractivity contribution is -0.00669. The molecule has 0 radical (unpaired) electrons. The summed E-state index contributed by atoms with van der Waals surface area (Å²) in [6.45, 7) is 7.91. The first-order valence-corrected chi connectivity index (χ1v) is 14.5. The molecule has 1 fully saturated rings. The maximum Gasteiger partial charge on any atom is 0.419 e. The minimum atomic E-state index is -3.88. The molecule has 0 saturated carbocycles. The number of rotatable bonds is 5. The molecule has 2 atom stereocenters. The standard InChI is InChI=1S/C31H34N2O5S/c1-22-14-16-26(17-15-22)39(35,36)33-25(20-37-21-29(33)23-10-6-5-7-11-23)18-24-19-32(30(34)38-31(2,3)4)28-13-9-8-12-27(24)28/h5-17,19,25,29H,18,20-21H2,1-4H3/t25-,29-/m1/s1. The second-order valence-electron chi connectivity index (χ2n) is 11.0. The van der Waals surface area contributed by atoms with Gasteiger partial charge in [0, 0.05) is 11.6 Å². The normalized spacial score (nSPS) is 18.8. The third-order valence-corrected chi connectivity index (χ3v) is 8.85. The molecule has 1 aliphatic heterocycles. The second kappa shape index (κ2) is 10.6. The van der Waals surface area contributed by atoms with E-state index in [2.05, 4.69) is 0 Å². The summed E-state index contributed by atoms with van der Waals surface area (Å²) in [4.78, 5) is 13.3. The lowest BCUT2D eigenvalue weighted by Crippen LogP contribution is -2.51. The van der Waals surface area contributed by atoms with Crippen LogP contribution in [-0.2, 0) is 25.9 Å². The van der Waals surface area contributed by atoms with Crippen LogP contribution in [0.5, 0.6) is 0 Å². The third-order valence-electron chi connectivity index (χ3n) is 6.87. The van der Waals surface area contributed by atoms with Gasteiger partial charge in [0.25, 0.3) is 0 Å². The smallest absolute Gasteiger partial charge is 0.419 e. The van der Waals surface area contributed by atoms with Crippen LogP contribution >= 0.6 is 0 Å². The predicted octanol–water partition coefficient (Wildman–Crippen LogP) is 6.11. The fourth-order valence-corrected chi connectivity index (χ4v) is 6.88. The number of benzene rings is 3. The number of nitrogens with zero attached hydrogens (tertiary/aromatic N) is 2. The Kier molecular flexibility index (Phi) is 7.37. The van der Waals surface area contributed by atoms with E-state index < -0.39 is 33.8 Å². The van der Waals surface area contributed by atoms with Crippen LogP contribution in [0.1, 0.15) is 43.5 Å². The summed E-state index contributed by atoms with van der Waals surface area (Å²) in [5, 5.41) is 0.873. The number of fused-ring (bicyclic) bond motifs is 1. The first kappa shape index (κ1) is 27.1. The molecule has 0 spiro atoms. The van der Waals surface area contributed by atoms with Crippen LogP contribution in [-0.4, -0.2) is 48.2 Å². The molecule has 8 heteroatoms. The van der Waals surface area contributed by atoms with E-state index in [1.165, 1.54) is 4.57 Å². The highest BCUT2D eigenvalue weighted by molar-refractivity contribution is 7.89. The summed E-state index contributed by atoms with van der Waals surface area (Å²) in [6, 6.07) is 23.2. The zero-order valence-electron chi connectivity index (χ0n) is 22.7.